The van der Waals surface area contributed by atoms with E-state index in [9.17, 15) is 9.59 Å². The summed E-state index contributed by atoms with van der Waals surface area (Å²) in [6.45, 7) is 1.06. The summed E-state index contributed by atoms with van der Waals surface area (Å²) >= 11 is 0. The fraction of sp³-hybridized carbons (Fsp3) is 0.800. The van der Waals surface area contributed by atoms with Crippen LogP contribution in [0.15, 0.2) is 0 Å². The molecule has 0 spiro atoms. The second-order valence-electron chi connectivity index (χ2n) is 3.35. The highest BCUT2D eigenvalue weighted by Gasteiger charge is 2.14. The number of likely N-dealkylation sites (N-methyl/N-ethyl adjacent to an activating group) is 1. The van der Waals surface area contributed by atoms with Crippen LogP contribution in [0.5, 0.6) is 0 Å². The Hall–Kier alpha value is -0.940. The molecule has 0 rings (SSSR count). The summed E-state index contributed by atoms with van der Waals surface area (Å²) in [5, 5.41) is 8.53. The number of carbonyl (C=O) groups is 2. The van der Waals surface area contributed by atoms with Crippen molar-refractivity contribution in [2.45, 2.75) is 25.3 Å². The van der Waals surface area contributed by atoms with E-state index in [1.807, 2.05) is 7.05 Å². The van der Waals surface area contributed by atoms with E-state index < -0.39 is 0 Å². The van der Waals surface area contributed by atoms with Crippen molar-refractivity contribution in [3.63, 3.8) is 0 Å². The molecule has 3 N–H and O–H groups in total. The minimum absolute atomic E-state index is 0.0908. The van der Waals surface area contributed by atoms with Gasteiger partial charge in [0.1, 0.15) is 6.29 Å². The van der Waals surface area contributed by atoms with Crippen molar-refractivity contribution in [1.82, 2.24) is 16.0 Å². The van der Waals surface area contributed by atoms with E-state index in [1.54, 1.807) is 7.05 Å². The van der Waals surface area contributed by atoms with Gasteiger partial charge in [0.05, 0.1) is 12.6 Å². The molecule has 0 saturated heterocycles. The standard InChI is InChI=1S/C10H21N3O2/c1-11-6-4-3-5-9(12-2)10(15)13-7-8-14/h8-9,11-12H,3-7H2,1-2H3,(H,13,15). The summed E-state index contributed by atoms with van der Waals surface area (Å²) < 4.78 is 0. The van der Waals surface area contributed by atoms with Crippen LogP contribution in [-0.4, -0.2) is 45.4 Å². The van der Waals surface area contributed by atoms with Gasteiger partial charge in [-0.05, 0) is 33.5 Å². The molecule has 1 atom stereocenters. The van der Waals surface area contributed by atoms with Gasteiger partial charge in [-0.1, -0.05) is 6.42 Å². The molecule has 0 aromatic heterocycles. The molecule has 15 heavy (non-hydrogen) atoms. The first kappa shape index (κ1) is 14.1. The van der Waals surface area contributed by atoms with E-state index in [1.165, 1.54) is 0 Å². The molecule has 0 aromatic rings. The van der Waals surface area contributed by atoms with Crippen molar-refractivity contribution in [1.29, 1.82) is 0 Å². The van der Waals surface area contributed by atoms with Gasteiger partial charge in [-0.15, -0.1) is 0 Å². The largest absolute Gasteiger partial charge is 0.348 e. The Kier molecular flexibility index (Phi) is 9.01. The second kappa shape index (κ2) is 9.61. The lowest BCUT2D eigenvalue weighted by Gasteiger charge is -2.14. The molecule has 5 heteroatoms. The number of carbonyl (C=O) groups excluding carboxylic acids is 2. The van der Waals surface area contributed by atoms with Crippen LogP contribution in [0.4, 0.5) is 0 Å². The van der Waals surface area contributed by atoms with E-state index in [0.29, 0.717) is 6.29 Å². The van der Waals surface area contributed by atoms with Crippen molar-refractivity contribution < 1.29 is 9.59 Å². The lowest BCUT2D eigenvalue weighted by molar-refractivity contribution is -0.124. The van der Waals surface area contributed by atoms with Gasteiger partial charge in [0.15, 0.2) is 0 Å². The average molecular weight is 215 g/mol. The molecule has 0 bridgehead atoms. The Morgan fingerprint density at radius 1 is 1.33 bits per heavy atom. The van der Waals surface area contributed by atoms with Crippen molar-refractivity contribution in [3.05, 3.63) is 0 Å². The van der Waals surface area contributed by atoms with E-state index in [4.69, 9.17) is 0 Å². The van der Waals surface area contributed by atoms with E-state index in [2.05, 4.69) is 16.0 Å². The third-order valence-corrected chi connectivity index (χ3v) is 2.19. The first-order valence-electron chi connectivity index (χ1n) is 5.29. The first-order chi connectivity index (χ1) is 7.26. The monoisotopic (exact) mass is 215 g/mol. The van der Waals surface area contributed by atoms with Gasteiger partial charge in [0, 0.05) is 0 Å². The molecule has 88 valence electrons. The molecule has 0 aromatic carbocycles. The fourth-order valence-corrected chi connectivity index (χ4v) is 1.32. The zero-order chi connectivity index (χ0) is 11.5. The van der Waals surface area contributed by atoms with Crippen LogP contribution in [0, 0.1) is 0 Å². The number of hydrogen-bond donors (Lipinski definition) is 3. The Bertz CT molecular complexity index is 186. The number of nitrogens with one attached hydrogen (secondary N) is 3. The number of rotatable bonds is 9. The van der Waals surface area contributed by atoms with Crippen LogP contribution >= 0.6 is 0 Å². The normalized spacial score (nSPS) is 12.1. The topological polar surface area (TPSA) is 70.2 Å². The fourth-order valence-electron chi connectivity index (χ4n) is 1.32. The smallest absolute Gasteiger partial charge is 0.237 e. The highest BCUT2D eigenvalue weighted by Crippen LogP contribution is 2.00. The van der Waals surface area contributed by atoms with E-state index in [-0.39, 0.29) is 18.5 Å². The number of unbranched alkanes of at least 4 members (excludes halogenated alkanes) is 1. The summed E-state index contributed by atoms with van der Waals surface area (Å²) in [4.78, 5) is 21.5. The Morgan fingerprint density at radius 3 is 2.60 bits per heavy atom. The predicted molar refractivity (Wildman–Crippen MR) is 59.7 cm³/mol. The third kappa shape index (κ3) is 7.04. The van der Waals surface area contributed by atoms with Gasteiger partial charge in [-0.3, -0.25) is 4.79 Å². The van der Waals surface area contributed by atoms with Gasteiger partial charge in [0.25, 0.3) is 0 Å². The minimum atomic E-state index is -0.193. The van der Waals surface area contributed by atoms with Crippen molar-refractivity contribution >= 4 is 12.2 Å². The summed E-state index contributed by atoms with van der Waals surface area (Å²) in [6, 6.07) is -0.193. The lowest BCUT2D eigenvalue weighted by Crippen LogP contribution is -2.43. The van der Waals surface area contributed by atoms with Gasteiger partial charge < -0.3 is 20.7 Å². The Morgan fingerprint density at radius 2 is 2.07 bits per heavy atom. The van der Waals surface area contributed by atoms with Crippen LogP contribution in [0.1, 0.15) is 19.3 Å². The number of amides is 1. The van der Waals surface area contributed by atoms with Gasteiger partial charge in [-0.2, -0.15) is 0 Å². The molecule has 0 aliphatic rings. The highest BCUT2D eigenvalue weighted by molar-refractivity contribution is 5.83. The first-order valence-corrected chi connectivity index (χ1v) is 5.29. The molecule has 0 aliphatic carbocycles. The molecule has 0 aliphatic heterocycles. The van der Waals surface area contributed by atoms with Crippen LogP contribution in [0.3, 0.4) is 0 Å². The minimum Gasteiger partial charge on any atom is -0.348 e. The number of aldehydes is 1. The average Bonchev–Trinajstić information content (AvgIpc) is 2.26. The molecule has 0 radical (unpaired) electrons. The maximum atomic E-state index is 11.4. The lowest BCUT2D eigenvalue weighted by atomic mass is 10.1. The van der Waals surface area contributed by atoms with Crippen LogP contribution < -0.4 is 16.0 Å². The van der Waals surface area contributed by atoms with Crippen molar-refractivity contribution in [2.75, 3.05) is 27.2 Å². The van der Waals surface area contributed by atoms with Crippen molar-refractivity contribution in [2.24, 2.45) is 0 Å². The summed E-state index contributed by atoms with van der Waals surface area (Å²) in [6.07, 6.45) is 3.52. The van der Waals surface area contributed by atoms with Gasteiger partial charge in [-0.25, -0.2) is 0 Å². The molecular formula is C10H21N3O2. The zero-order valence-corrected chi connectivity index (χ0v) is 9.51. The molecular weight excluding hydrogens is 194 g/mol. The molecule has 0 heterocycles. The molecule has 0 saturated carbocycles. The van der Waals surface area contributed by atoms with Crippen LogP contribution in [0.2, 0.25) is 0 Å². The zero-order valence-electron chi connectivity index (χ0n) is 9.51. The predicted octanol–water partition coefficient (Wildman–Crippen LogP) is -0.721. The summed E-state index contributed by atoms with van der Waals surface area (Å²) in [7, 11) is 3.66. The van der Waals surface area contributed by atoms with Crippen LogP contribution in [0.25, 0.3) is 0 Å². The summed E-state index contributed by atoms with van der Waals surface area (Å²) in [5.41, 5.74) is 0. The maximum absolute atomic E-state index is 11.4. The van der Waals surface area contributed by atoms with Crippen LogP contribution in [-0.2, 0) is 9.59 Å². The van der Waals surface area contributed by atoms with E-state index >= 15 is 0 Å². The quantitative estimate of drug-likeness (QED) is 0.351. The number of hydrogen-bond acceptors (Lipinski definition) is 4. The SMILES string of the molecule is CNCCCCC(NC)C(=O)NCC=O. The highest BCUT2D eigenvalue weighted by atomic mass is 16.2. The second-order valence-corrected chi connectivity index (χ2v) is 3.35. The van der Waals surface area contributed by atoms with Gasteiger partial charge >= 0.3 is 0 Å². The van der Waals surface area contributed by atoms with E-state index in [0.717, 1.165) is 25.8 Å². The maximum Gasteiger partial charge on any atom is 0.237 e. The molecule has 1 amide bonds. The van der Waals surface area contributed by atoms with Crippen molar-refractivity contribution in [3.8, 4) is 0 Å². The third-order valence-electron chi connectivity index (χ3n) is 2.19. The Labute approximate surface area is 91.0 Å². The Balaban J connectivity index is 3.69. The molecule has 0 fully saturated rings. The molecule has 5 nitrogen and oxygen atoms in total. The van der Waals surface area contributed by atoms with Gasteiger partial charge in [0.2, 0.25) is 5.91 Å². The molecule has 1 unspecified atom stereocenters. The summed E-state index contributed by atoms with van der Waals surface area (Å²) in [5.74, 6) is -0.103.